The molecule has 0 radical (unpaired) electrons. The summed E-state index contributed by atoms with van der Waals surface area (Å²) in [5.41, 5.74) is 3.93. The fourth-order valence-corrected chi connectivity index (χ4v) is 7.37. The van der Waals surface area contributed by atoms with Crippen molar-refractivity contribution in [1.29, 1.82) is 0 Å². The van der Waals surface area contributed by atoms with E-state index in [0.717, 1.165) is 66.1 Å². The van der Waals surface area contributed by atoms with Crippen molar-refractivity contribution in [2.24, 2.45) is 0 Å². The number of ether oxygens (including phenoxy) is 1. The molecule has 0 atom stereocenters. The van der Waals surface area contributed by atoms with Crippen LogP contribution in [0.2, 0.25) is 0 Å². The summed E-state index contributed by atoms with van der Waals surface area (Å²) in [5, 5.41) is 13.1. The molecule has 0 bridgehead atoms. The third-order valence-electron chi connectivity index (χ3n) is 9.90. The number of halogens is 3. The van der Waals surface area contributed by atoms with Gasteiger partial charge < -0.3 is 35.1 Å². The van der Waals surface area contributed by atoms with Gasteiger partial charge in [0.05, 0.1) is 23.8 Å². The van der Waals surface area contributed by atoms with Crippen LogP contribution in [-0.2, 0) is 41.7 Å². The normalized spacial score (nSPS) is 14.0. The second kappa shape index (κ2) is 16.2. The Labute approximate surface area is 319 Å². The van der Waals surface area contributed by atoms with Gasteiger partial charge in [-0.05, 0) is 42.5 Å². The molecule has 0 unspecified atom stereocenters. The molecule has 0 saturated heterocycles. The summed E-state index contributed by atoms with van der Waals surface area (Å²) >= 11 is 0. The number of para-hydroxylation sites is 2. The maximum absolute atomic E-state index is 13.1. The molecule has 14 heteroatoms. The molecule has 0 fully saturated rings. The second-order valence-electron chi connectivity index (χ2n) is 13.4. The minimum absolute atomic E-state index is 0.0746. The number of aromatic nitrogens is 2. The molecule has 2 aliphatic rings. The van der Waals surface area contributed by atoms with Crippen LogP contribution in [0, 0.1) is 0 Å². The molecular weight excluding hydrogens is 725 g/mol. The molecule has 2 amide bonds. The van der Waals surface area contributed by atoms with E-state index in [1.54, 1.807) is 43.5 Å². The summed E-state index contributed by atoms with van der Waals surface area (Å²) in [6.45, 7) is 4.49. The van der Waals surface area contributed by atoms with E-state index in [1.807, 2.05) is 41.0 Å². The first-order chi connectivity index (χ1) is 27.0. The van der Waals surface area contributed by atoms with Gasteiger partial charge in [0.2, 0.25) is 0 Å². The molecule has 4 aromatic carbocycles. The van der Waals surface area contributed by atoms with Gasteiger partial charge in [0, 0.05) is 103 Å². The molecule has 56 heavy (non-hydrogen) atoms. The van der Waals surface area contributed by atoms with E-state index in [2.05, 4.69) is 25.8 Å². The number of alkyl halides is 3. The summed E-state index contributed by atoms with van der Waals surface area (Å²) in [6.07, 6.45) is -3.25. The topological polar surface area (TPSA) is 135 Å². The summed E-state index contributed by atoms with van der Waals surface area (Å²) in [4.78, 5) is 51.4. The van der Waals surface area contributed by atoms with E-state index in [9.17, 15) is 32.3 Å². The predicted octanol–water partition coefficient (Wildman–Crippen LogP) is 6.24. The van der Waals surface area contributed by atoms with Crippen LogP contribution in [0.1, 0.15) is 37.7 Å². The third kappa shape index (κ3) is 7.79. The zero-order valence-corrected chi connectivity index (χ0v) is 30.5. The Bertz CT molecular complexity index is 2470. The SMILES string of the molecule is COc1cccc(NC(=O)C(=O)c2c3n(c4ccccc24)CCNCC3)c1.O=C(Nc1cccc(C(F)(F)F)c1)C(=O)c1c2n(c3ccccc13)CCNCC2. The van der Waals surface area contributed by atoms with Crippen LogP contribution in [0.3, 0.4) is 0 Å². The molecule has 0 aliphatic carbocycles. The van der Waals surface area contributed by atoms with Crippen molar-refractivity contribution >= 4 is 56.6 Å². The zero-order valence-electron chi connectivity index (χ0n) is 30.5. The average molecular weight is 765 g/mol. The number of Topliss-reactive ketones (excluding diaryl/α,β-unsaturated/α-hetero) is 2. The van der Waals surface area contributed by atoms with Crippen molar-refractivity contribution in [1.82, 2.24) is 19.8 Å². The van der Waals surface area contributed by atoms with Gasteiger partial charge in [0.1, 0.15) is 5.75 Å². The average Bonchev–Trinajstić information content (AvgIpc) is 3.39. The number of fused-ring (bicyclic) bond motifs is 6. The number of methoxy groups -OCH3 is 1. The number of carbonyl (C=O) groups excluding carboxylic acids is 4. The van der Waals surface area contributed by atoms with Crippen molar-refractivity contribution in [2.45, 2.75) is 32.1 Å². The van der Waals surface area contributed by atoms with Crippen LogP contribution in [0.15, 0.2) is 97.1 Å². The van der Waals surface area contributed by atoms with Gasteiger partial charge in [0.15, 0.2) is 0 Å². The van der Waals surface area contributed by atoms with Crippen LogP contribution in [0.4, 0.5) is 24.5 Å². The van der Waals surface area contributed by atoms with Crippen molar-refractivity contribution in [2.75, 3.05) is 43.9 Å². The smallest absolute Gasteiger partial charge is 0.416 e. The number of amides is 2. The lowest BCUT2D eigenvalue weighted by molar-refractivity contribution is -0.137. The summed E-state index contributed by atoms with van der Waals surface area (Å²) in [6, 6.07) is 26.3. The number of hydrogen-bond donors (Lipinski definition) is 4. The summed E-state index contributed by atoms with van der Waals surface area (Å²) in [7, 11) is 1.56. The fraction of sp³-hybridized carbons (Fsp3) is 0.238. The molecule has 2 aromatic heterocycles. The van der Waals surface area contributed by atoms with Crippen molar-refractivity contribution < 1.29 is 37.1 Å². The number of benzene rings is 4. The van der Waals surface area contributed by atoms with E-state index < -0.39 is 35.1 Å². The van der Waals surface area contributed by atoms with E-state index >= 15 is 0 Å². The minimum Gasteiger partial charge on any atom is -0.497 e. The van der Waals surface area contributed by atoms with Crippen molar-refractivity contribution in [3.63, 3.8) is 0 Å². The van der Waals surface area contributed by atoms with Gasteiger partial charge in [-0.3, -0.25) is 19.2 Å². The highest BCUT2D eigenvalue weighted by molar-refractivity contribution is 6.49. The monoisotopic (exact) mass is 764 g/mol. The lowest BCUT2D eigenvalue weighted by Crippen LogP contribution is -2.24. The number of carbonyl (C=O) groups is 4. The quantitative estimate of drug-likeness (QED) is 0.112. The molecule has 4 heterocycles. The van der Waals surface area contributed by atoms with Crippen molar-refractivity contribution in [3.05, 3.63) is 125 Å². The number of hydrogen-bond acceptors (Lipinski definition) is 7. The molecular formula is C42H39F3N6O5. The standard InChI is InChI=1S/C21H18F3N3O2.C21H21N3O3/c22-21(23,24)13-4-3-5-14(12-13)26-20(29)19(28)18-15-6-1-2-7-16(15)27-11-10-25-9-8-17(18)27;1-27-15-6-4-5-14(13-15)23-21(26)20(25)19-16-7-2-3-8-17(16)24-12-11-22-10-9-18(19)24/h1-7,12,25H,8-11H2,(H,26,29);2-8,13,22H,9-12H2,1H3,(H,23,26). The van der Waals surface area contributed by atoms with Gasteiger partial charge in [-0.2, -0.15) is 13.2 Å². The highest BCUT2D eigenvalue weighted by atomic mass is 19.4. The fourth-order valence-electron chi connectivity index (χ4n) is 7.37. The first kappa shape index (κ1) is 38.0. The van der Waals surface area contributed by atoms with Gasteiger partial charge in [-0.1, -0.05) is 48.5 Å². The second-order valence-corrected chi connectivity index (χ2v) is 13.4. The van der Waals surface area contributed by atoms with Gasteiger partial charge in [-0.15, -0.1) is 0 Å². The lowest BCUT2D eigenvalue weighted by Gasteiger charge is -2.10. The molecule has 6 aromatic rings. The van der Waals surface area contributed by atoms with Gasteiger partial charge in [0.25, 0.3) is 23.4 Å². The van der Waals surface area contributed by atoms with Crippen LogP contribution >= 0.6 is 0 Å². The number of rotatable bonds is 7. The van der Waals surface area contributed by atoms with E-state index in [0.29, 0.717) is 53.9 Å². The van der Waals surface area contributed by atoms with E-state index in [1.165, 1.54) is 12.1 Å². The minimum atomic E-state index is -4.53. The Morgan fingerprint density at radius 3 is 1.61 bits per heavy atom. The first-order valence-electron chi connectivity index (χ1n) is 18.2. The molecule has 4 N–H and O–H groups in total. The largest absolute Gasteiger partial charge is 0.497 e. The Hall–Kier alpha value is -6.25. The Balaban J connectivity index is 0.000000172. The van der Waals surface area contributed by atoms with E-state index in [-0.39, 0.29) is 5.69 Å². The molecule has 0 spiro atoms. The van der Waals surface area contributed by atoms with Crippen LogP contribution in [0.5, 0.6) is 5.75 Å². The van der Waals surface area contributed by atoms with Gasteiger partial charge >= 0.3 is 6.18 Å². The molecule has 0 saturated carbocycles. The highest BCUT2D eigenvalue weighted by Crippen LogP contribution is 2.32. The van der Waals surface area contributed by atoms with Crippen LogP contribution < -0.4 is 26.0 Å². The molecule has 2 aliphatic heterocycles. The zero-order chi connectivity index (χ0) is 39.4. The Morgan fingerprint density at radius 2 is 1.11 bits per heavy atom. The predicted molar refractivity (Wildman–Crippen MR) is 207 cm³/mol. The van der Waals surface area contributed by atoms with E-state index in [4.69, 9.17) is 4.74 Å². The number of ketones is 2. The maximum Gasteiger partial charge on any atom is 0.416 e. The first-order valence-corrected chi connectivity index (χ1v) is 18.2. The molecule has 8 rings (SSSR count). The Morgan fingerprint density at radius 1 is 0.625 bits per heavy atom. The number of anilines is 2. The number of nitrogens with one attached hydrogen (secondary N) is 4. The van der Waals surface area contributed by atoms with Crippen LogP contribution in [0.25, 0.3) is 21.8 Å². The van der Waals surface area contributed by atoms with Gasteiger partial charge in [-0.25, -0.2) is 0 Å². The van der Waals surface area contributed by atoms with Crippen molar-refractivity contribution in [3.8, 4) is 5.75 Å². The third-order valence-corrected chi connectivity index (χ3v) is 9.90. The molecule has 11 nitrogen and oxygen atoms in total. The number of nitrogens with zero attached hydrogens (tertiary/aromatic N) is 2. The molecule has 288 valence electrons. The highest BCUT2D eigenvalue weighted by Gasteiger charge is 2.32. The summed E-state index contributed by atoms with van der Waals surface area (Å²) in [5.74, 6) is -2.24. The lowest BCUT2D eigenvalue weighted by atomic mass is 10.0. The Kier molecular flexibility index (Phi) is 11.0. The maximum atomic E-state index is 13.1. The summed E-state index contributed by atoms with van der Waals surface area (Å²) < 4.78 is 48.1. The van der Waals surface area contributed by atoms with Crippen LogP contribution in [-0.4, -0.2) is 65.8 Å².